The lowest BCUT2D eigenvalue weighted by atomic mass is 10.0. The first kappa shape index (κ1) is 27.6. The molecule has 4 rings (SSSR count). The van der Waals surface area contributed by atoms with Crippen LogP contribution in [0.2, 0.25) is 0 Å². The van der Waals surface area contributed by atoms with Crippen LogP contribution >= 0.6 is 0 Å². The molecule has 0 spiro atoms. The number of methoxy groups -OCH3 is 1. The Labute approximate surface area is 229 Å². The Kier molecular flexibility index (Phi) is 9.84. The summed E-state index contributed by atoms with van der Waals surface area (Å²) >= 11 is 0. The van der Waals surface area contributed by atoms with Crippen LogP contribution in [0.3, 0.4) is 0 Å². The van der Waals surface area contributed by atoms with Crippen molar-refractivity contribution in [2.45, 2.75) is 38.4 Å². The maximum atomic E-state index is 13.8. The summed E-state index contributed by atoms with van der Waals surface area (Å²) in [6.45, 7) is 0.449. The third kappa shape index (κ3) is 8.01. The Balaban J connectivity index is 1.61. The molecule has 5 nitrogen and oxygen atoms in total. The molecule has 0 radical (unpaired) electrons. The van der Waals surface area contributed by atoms with E-state index in [0.717, 1.165) is 22.3 Å². The van der Waals surface area contributed by atoms with Gasteiger partial charge in [0.2, 0.25) is 11.8 Å². The molecule has 1 N–H and O–H groups in total. The predicted octanol–water partition coefficient (Wildman–Crippen LogP) is 5.72. The molecule has 0 bridgehead atoms. The zero-order chi connectivity index (χ0) is 27.5. The van der Waals surface area contributed by atoms with E-state index in [2.05, 4.69) is 5.32 Å². The standard InChI is InChI=1S/C33H33FN2O3/c1-39-31-15-9-8-14-28(31)23-35-33(38)30(22-26-12-6-3-7-13-26)36(24-27-16-19-29(34)20-17-27)32(37)21-18-25-10-4-2-5-11-25/h2-17,19-20,30H,18,21-24H2,1H3,(H,35,38). The molecule has 0 aliphatic rings. The number of amides is 2. The largest absolute Gasteiger partial charge is 0.496 e. The molecule has 0 heterocycles. The van der Waals surface area contributed by atoms with Crippen molar-refractivity contribution in [1.29, 1.82) is 0 Å². The van der Waals surface area contributed by atoms with Crippen LogP contribution in [0.15, 0.2) is 109 Å². The van der Waals surface area contributed by atoms with Gasteiger partial charge in [0.1, 0.15) is 17.6 Å². The van der Waals surface area contributed by atoms with Gasteiger partial charge in [-0.15, -0.1) is 0 Å². The number of halogens is 1. The average Bonchev–Trinajstić information content (AvgIpc) is 2.98. The molecule has 0 saturated heterocycles. The van der Waals surface area contributed by atoms with Gasteiger partial charge in [-0.2, -0.15) is 0 Å². The zero-order valence-electron chi connectivity index (χ0n) is 22.1. The van der Waals surface area contributed by atoms with E-state index in [4.69, 9.17) is 4.74 Å². The third-order valence-electron chi connectivity index (χ3n) is 6.65. The quantitative estimate of drug-likeness (QED) is 0.258. The highest BCUT2D eigenvalue weighted by molar-refractivity contribution is 5.88. The summed E-state index contributed by atoms with van der Waals surface area (Å²) in [7, 11) is 1.59. The minimum atomic E-state index is -0.768. The van der Waals surface area contributed by atoms with Crippen LogP contribution in [0.1, 0.15) is 28.7 Å². The predicted molar refractivity (Wildman–Crippen MR) is 150 cm³/mol. The SMILES string of the molecule is COc1ccccc1CNC(=O)C(Cc1ccccc1)N(Cc1ccc(F)cc1)C(=O)CCc1ccccc1. The van der Waals surface area contributed by atoms with E-state index >= 15 is 0 Å². The van der Waals surface area contributed by atoms with Crippen molar-refractivity contribution in [2.75, 3.05) is 7.11 Å². The van der Waals surface area contributed by atoms with Gasteiger partial charge >= 0.3 is 0 Å². The van der Waals surface area contributed by atoms with E-state index in [1.54, 1.807) is 24.1 Å². The Morgan fingerprint density at radius 3 is 2.08 bits per heavy atom. The number of carbonyl (C=O) groups is 2. The lowest BCUT2D eigenvalue weighted by molar-refractivity contribution is -0.141. The Bertz CT molecular complexity index is 1340. The number of ether oxygens (including phenoxy) is 1. The van der Waals surface area contributed by atoms with E-state index in [9.17, 15) is 14.0 Å². The molecule has 0 saturated carbocycles. The molecule has 0 aliphatic carbocycles. The minimum Gasteiger partial charge on any atom is -0.496 e. The van der Waals surface area contributed by atoms with Gasteiger partial charge < -0.3 is 15.0 Å². The normalized spacial score (nSPS) is 11.4. The number of nitrogens with one attached hydrogen (secondary N) is 1. The summed E-state index contributed by atoms with van der Waals surface area (Å²) in [6.07, 6.45) is 1.15. The summed E-state index contributed by atoms with van der Waals surface area (Å²) in [4.78, 5) is 29.2. The second kappa shape index (κ2) is 13.9. The van der Waals surface area contributed by atoms with Crippen LogP contribution < -0.4 is 10.1 Å². The number of hydrogen-bond acceptors (Lipinski definition) is 3. The molecule has 4 aromatic rings. The fourth-order valence-electron chi connectivity index (χ4n) is 4.53. The molecule has 200 valence electrons. The van der Waals surface area contributed by atoms with E-state index in [1.807, 2.05) is 84.9 Å². The Morgan fingerprint density at radius 1 is 0.795 bits per heavy atom. The first-order valence-corrected chi connectivity index (χ1v) is 13.0. The number of hydrogen-bond donors (Lipinski definition) is 1. The van der Waals surface area contributed by atoms with Crippen molar-refractivity contribution in [3.8, 4) is 5.75 Å². The van der Waals surface area contributed by atoms with E-state index in [1.165, 1.54) is 12.1 Å². The average molecular weight is 525 g/mol. The maximum absolute atomic E-state index is 13.8. The zero-order valence-corrected chi connectivity index (χ0v) is 22.1. The molecule has 0 fully saturated rings. The van der Waals surface area contributed by atoms with Gasteiger partial charge in [0.15, 0.2) is 0 Å². The first-order chi connectivity index (χ1) is 19.0. The number of para-hydroxylation sites is 1. The van der Waals surface area contributed by atoms with Gasteiger partial charge in [-0.1, -0.05) is 91.0 Å². The minimum absolute atomic E-state index is 0.142. The van der Waals surface area contributed by atoms with Crippen molar-refractivity contribution in [1.82, 2.24) is 10.2 Å². The van der Waals surface area contributed by atoms with Gasteiger partial charge in [-0.3, -0.25) is 9.59 Å². The Morgan fingerprint density at radius 2 is 1.41 bits per heavy atom. The second-order valence-electron chi connectivity index (χ2n) is 9.37. The van der Waals surface area contributed by atoms with Crippen molar-refractivity contribution < 1.29 is 18.7 Å². The van der Waals surface area contributed by atoms with Crippen molar-refractivity contribution >= 4 is 11.8 Å². The fraction of sp³-hybridized carbons (Fsp3) is 0.212. The van der Waals surface area contributed by atoms with Gasteiger partial charge in [0.05, 0.1) is 7.11 Å². The van der Waals surface area contributed by atoms with Gasteiger partial charge in [0.25, 0.3) is 0 Å². The molecule has 6 heteroatoms. The van der Waals surface area contributed by atoms with Crippen molar-refractivity contribution in [3.63, 3.8) is 0 Å². The highest BCUT2D eigenvalue weighted by Gasteiger charge is 2.30. The fourth-order valence-corrected chi connectivity index (χ4v) is 4.53. The number of rotatable bonds is 12. The first-order valence-electron chi connectivity index (χ1n) is 13.0. The lowest BCUT2D eigenvalue weighted by Gasteiger charge is -2.32. The van der Waals surface area contributed by atoms with E-state index < -0.39 is 6.04 Å². The monoisotopic (exact) mass is 524 g/mol. The summed E-state index contributed by atoms with van der Waals surface area (Å²) in [5.41, 5.74) is 3.58. The van der Waals surface area contributed by atoms with Gasteiger partial charge in [-0.05, 0) is 41.3 Å². The number of aryl methyl sites for hydroxylation is 1. The molecule has 0 aromatic heterocycles. The molecule has 39 heavy (non-hydrogen) atoms. The molecule has 1 unspecified atom stereocenters. The topological polar surface area (TPSA) is 58.6 Å². The summed E-state index contributed by atoms with van der Waals surface area (Å²) in [5.74, 6) is -0.0768. The van der Waals surface area contributed by atoms with Crippen LogP contribution in [0.5, 0.6) is 5.75 Å². The van der Waals surface area contributed by atoms with Crippen molar-refractivity contribution in [2.24, 2.45) is 0 Å². The van der Waals surface area contributed by atoms with Gasteiger partial charge in [0, 0.05) is 31.5 Å². The number of benzene rings is 4. The Hall–Kier alpha value is -4.45. The van der Waals surface area contributed by atoms with Crippen molar-refractivity contribution in [3.05, 3.63) is 137 Å². The molecule has 2 amide bonds. The number of carbonyl (C=O) groups excluding carboxylic acids is 2. The molecular weight excluding hydrogens is 491 g/mol. The van der Waals surface area contributed by atoms with Crippen LogP contribution in [0, 0.1) is 5.82 Å². The highest BCUT2D eigenvalue weighted by Crippen LogP contribution is 2.19. The van der Waals surface area contributed by atoms with E-state index in [-0.39, 0.29) is 37.1 Å². The summed E-state index contributed by atoms with van der Waals surface area (Å²) in [6, 6.07) is 32.2. The second-order valence-corrected chi connectivity index (χ2v) is 9.37. The molecular formula is C33H33FN2O3. The lowest BCUT2D eigenvalue weighted by Crippen LogP contribution is -2.50. The molecule has 4 aromatic carbocycles. The maximum Gasteiger partial charge on any atom is 0.243 e. The molecule has 1 atom stereocenters. The van der Waals surface area contributed by atoms with Crippen LogP contribution in [-0.2, 0) is 35.5 Å². The smallest absolute Gasteiger partial charge is 0.243 e. The highest BCUT2D eigenvalue weighted by atomic mass is 19.1. The third-order valence-corrected chi connectivity index (χ3v) is 6.65. The van der Waals surface area contributed by atoms with Crippen LogP contribution in [-0.4, -0.2) is 29.9 Å². The van der Waals surface area contributed by atoms with Crippen LogP contribution in [0.25, 0.3) is 0 Å². The number of nitrogens with zero attached hydrogens (tertiary/aromatic N) is 1. The van der Waals surface area contributed by atoms with E-state index in [0.29, 0.717) is 18.6 Å². The summed E-state index contributed by atoms with van der Waals surface area (Å²) < 4.78 is 19.1. The summed E-state index contributed by atoms with van der Waals surface area (Å²) in [5, 5.41) is 3.03. The molecule has 0 aliphatic heterocycles. The van der Waals surface area contributed by atoms with Crippen LogP contribution in [0.4, 0.5) is 4.39 Å². The van der Waals surface area contributed by atoms with Gasteiger partial charge in [-0.25, -0.2) is 4.39 Å².